The molecule has 0 aromatic heterocycles. The summed E-state index contributed by atoms with van der Waals surface area (Å²) in [4.78, 5) is 24.9. The minimum atomic E-state index is -3.13. The molecule has 0 atom stereocenters. The molecule has 3 aromatic carbocycles. The summed E-state index contributed by atoms with van der Waals surface area (Å²) >= 11 is 0. The van der Waals surface area contributed by atoms with Crippen molar-refractivity contribution >= 4 is 29.3 Å². The van der Waals surface area contributed by atoms with E-state index in [2.05, 4.69) is 0 Å². The highest BCUT2D eigenvalue weighted by atomic mass is 31.2. The molecule has 0 amide bonds. The third-order valence-corrected chi connectivity index (χ3v) is 7.26. The van der Waals surface area contributed by atoms with Gasteiger partial charge in [0.2, 0.25) is 0 Å². The van der Waals surface area contributed by atoms with E-state index < -0.39 is 7.14 Å². The van der Waals surface area contributed by atoms with Crippen molar-refractivity contribution in [3.05, 3.63) is 96.6 Å². The predicted octanol–water partition coefficient (Wildman–Crippen LogP) is 3.84. The van der Waals surface area contributed by atoms with Crippen LogP contribution in [0, 0.1) is 0 Å². The van der Waals surface area contributed by atoms with E-state index in [9.17, 15) is 14.2 Å². The van der Waals surface area contributed by atoms with Crippen LogP contribution in [0.3, 0.4) is 0 Å². The van der Waals surface area contributed by atoms with E-state index in [1.54, 1.807) is 48.5 Å². The van der Waals surface area contributed by atoms with Crippen LogP contribution in [0.25, 0.3) is 0 Å². The summed E-state index contributed by atoms with van der Waals surface area (Å²) in [7, 11) is -3.13. The zero-order chi connectivity index (χ0) is 18.4. The van der Waals surface area contributed by atoms with Crippen molar-refractivity contribution < 1.29 is 14.2 Å². The Kier molecular flexibility index (Phi) is 5.60. The van der Waals surface area contributed by atoms with Crippen molar-refractivity contribution in [2.75, 3.05) is 6.16 Å². The molecule has 0 unspecified atom stereocenters. The zero-order valence-corrected chi connectivity index (χ0v) is 15.1. The van der Waals surface area contributed by atoms with Gasteiger partial charge in [-0.05, 0) is 0 Å². The van der Waals surface area contributed by atoms with Gasteiger partial charge in [0.25, 0.3) is 0 Å². The Labute approximate surface area is 153 Å². The Balaban J connectivity index is 1.86. The van der Waals surface area contributed by atoms with Gasteiger partial charge >= 0.3 is 0 Å². The maximum Gasteiger partial charge on any atom is 0.170 e. The van der Waals surface area contributed by atoms with Crippen LogP contribution in [0.2, 0.25) is 0 Å². The Morgan fingerprint density at radius 2 is 1.08 bits per heavy atom. The second-order valence-electron chi connectivity index (χ2n) is 6.07. The van der Waals surface area contributed by atoms with Gasteiger partial charge in [-0.25, -0.2) is 0 Å². The Bertz CT molecular complexity index is 891. The van der Waals surface area contributed by atoms with E-state index in [1.807, 2.05) is 42.5 Å². The van der Waals surface area contributed by atoms with Gasteiger partial charge in [0.15, 0.2) is 5.78 Å². The topological polar surface area (TPSA) is 51.2 Å². The first-order chi connectivity index (χ1) is 12.6. The molecule has 0 saturated heterocycles. The van der Waals surface area contributed by atoms with E-state index >= 15 is 0 Å². The Morgan fingerprint density at radius 3 is 1.54 bits per heavy atom. The maximum atomic E-state index is 13.8. The fourth-order valence-electron chi connectivity index (χ4n) is 2.88. The predicted molar refractivity (Wildman–Crippen MR) is 105 cm³/mol. The summed E-state index contributed by atoms with van der Waals surface area (Å²) in [5.74, 6) is -0.557. The van der Waals surface area contributed by atoms with Crippen LogP contribution >= 0.6 is 7.14 Å². The number of hydrogen-bond donors (Lipinski definition) is 0. The lowest BCUT2D eigenvalue weighted by Crippen LogP contribution is -2.23. The van der Waals surface area contributed by atoms with Crippen molar-refractivity contribution in [3.63, 3.8) is 0 Å². The lowest BCUT2D eigenvalue weighted by molar-refractivity contribution is -0.115. The van der Waals surface area contributed by atoms with E-state index in [1.165, 1.54) is 0 Å². The molecular weight excluding hydrogens is 343 g/mol. The molecule has 3 nitrogen and oxygen atoms in total. The molecule has 130 valence electrons. The van der Waals surface area contributed by atoms with Gasteiger partial charge in [-0.1, -0.05) is 91.0 Å². The molecule has 4 heteroatoms. The lowest BCUT2D eigenvalue weighted by atomic mass is 10.1. The van der Waals surface area contributed by atoms with Gasteiger partial charge < -0.3 is 4.57 Å². The van der Waals surface area contributed by atoms with E-state index in [0.717, 1.165) is 0 Å². The first-order valence-electron chi connectivity index (χ1n) is 8.40. The highest BCUT2D eigenvalue weighted by Crippen LogP contribution is 2.43. The lowest BCUT2D eigenvalue weighted by Gasteiger charge is -2.18. The summed E-state index contributed by atoms with van der Waals surface area (Å²) in [5, 5.41) is 1.26. The van der Waals surface area contributed by atoms with Gasteiger partial charge in [0, 0.05) is 16.2 Å². The molecule has 3 aromatic rings. The third kappa shape index (κ3) is 4.07. The number of carbonyl (C=O) groups is 2. The van der Waals surface area contributed by atoms with Crippen molar-refractivity contribution in [1.82, 2.24) is 0 Å². The Hall–Kier alpha value is -2.77. The summed E-state index contributed by atoms with van der Waals surface area (Å²) in [6.45, 7) is 0. The van der Waals surface area contributed by atoms with Gasteiger partial charge in [0.1, 0.15) is 12.9 Å². The highest BCUT2D eigenvalue weighted by molar-refractivity contribution is 7.79. The van der Waals surface area contributed by atoms with E-state index in [-0.39, 0.29) is 24.1 Å². The van der Waals surface area contributed by atoms with Gasteiger partial charge in [0.05, 0.1) is 12.6 Å². The standard InChI is InChI=1S/C22H19O3P/c23-19(16-22(24)18-10-4-1-5-11-18)17-26(25,20-12-6-2-7-13-20)21-14-8-3-9-15-21/h1-15H,16-17H2. The molecule has 0 aliphatic rings. The van der Waals surface area contributed by atoms with Crippen LogP contribution in [0.4, 0.5) is 0 Å². The fourth-order valence-corrected chi connectivity index (χ4v) is 5.46. The van der Waals surface area contributed by atoms with Gasteiger partial charge in [-0.3, -0.25) is 9.59 Å². The fraction of sp³-hybridized carbons (Fsp3) is 0.0909. The average Bonchev–Trinajstić information content (AvgIpc) is 2.70. The van der Waals surface area contributed by atoms with Crippen LogP contribution in [-0.4, -0.2) is 17.7 Å². The summed E-state index contributed by atoms with van der Waals surface area (Å²) < 4.78 is 13.8. The molecule has 0 N–H and O–H groups in total. The van der Waals surface area contributed by atoms with Gasteiger partial charge in [-0.2, -0.15) is 0 Å². The van der Waals surface area contributed by atoms with Crippen LogP contribution in [-0.2, 0) is 9.36 Å². The minimum absolute atomic E-state index is 0.153. The van der Waals surface area contributed by atoms with Crippen molar-refractivity contribution in [2.24, 2.45) is 0 Å². The third-order valence-electron chi connectivity index (χ3n) is 4.20. The highest BCUT2D eigenvalue weighted by Gasteiger charge is 2.30. The molecule has 0 aliphatic carbocycles. The normalized spacial score (nSPS) is 11.1. The van der Waals surface area contributed by atoms with Crippen molar-refractivity contribution in [1.29, 1.82) is 0 Å². The molecule has 0 fully saturated rings. The summed E-state index contributed by atoms with van der Waals surface area (Å²) in [5.41, 5.74) is 0.495. The number of rotatable bonds is 7. The number of benzene rings is 3. The quantitative estimate of drug-likeness (QED) is 0.364. The number of carbonyl (C=O) groups excluding carboxylic acids is 2. The maximum absolute atomic E-state index is 13.8. The molecule has 3 rings (SSSR count). The van der Waals surface area contributed by atoms with E-state index in [4.69, 9.17) is 0 Å². The first-order valence-corrected chi connectivity index (χ1v) is 10.3. The molecule has 0 bridgehead atoms. The van der Waals surface area contributed by atoms with Crippen molar-refractivity contribution in [3.8, 4) is 0 Å². The van der Waals surface area contributed by atoms with Crippen LogP contribution in [0.15, 0.2) is 91.0 Å². The van der Waals surface area contributed by atoms with Crippen molar-refractivity contribution in [2.45, 2.75) is 6.42 Å². The van der Waals surface area contributed by atoms with Crippen LogP contribution < -0.4 is 10.6 Å². The zero-order valence-electron chi connectivity index (χ0n) is 14.2. The molecule has 0 saturated carbocycles. The van der Waals surface area contributed by atoms with Crippen LogP contribution in [0.5, 0.6) is 0 Å². The molecule has 0 spiro atoms. The SMILES string of the molecule is O=C(CC(=O)c1ccccc1)CP(=O)(c1ccccc1)c1ccccc1. The summed E-state index contributed by atoms with van der Waals surface area (Å²) in [6, 6.07) is 26.8. The molecule has 26 heavy (non-hydrogen) atoms. The average molecular weight is 362 g/mol. The molecule has 0 aliphatic heterocycles. The van der Waals surface area contributed by atoms with E-state index in [0.29, 0.717) is 16.2 Å². The molecule has 0 heterocycles. The van der Waals surface area contributed by atoms with Gasteiger partial charge in [-0.15, -0.1) is 0 Å². The number of Topliss-reactive ketones (excluding diaryl/α,β-unsaturated/α-hetero) is 2. The second-order valence-corrected chi connectivity index (χ2v) is 8.90. The Morgan fingerprint density at radius 1 is 0.654 bits per heavy atom. The summed E-state index contributed by atoms with van der Waals surface area (Å²) in [6.07, 6.45) is -0.396. The molecule has 0 radical (unpaired) electrons. The van der Waals surface area contributed by atoms with Crippen LogP contribution in [0.1, 0.15) is 16.8 Å². The monoisotopic (exact) mass is 362 g/mol. The minimum Gasteiger partial charge on any atom is -0.313 e. The number of hydrogen-bond acceptors (Lipinski definition) is 3. The second kappa shape index (κ2) is 8.07. The largest absolute Gasteiger partial charge is 0.313 e. The molecular formula is C22H19O3P. The first kappa shape index (κ1) is 18.0. The number of ketones is 2. The smallest absolute Gasteiger partial charge is 0.170 e.